The van der Waals surface area contributed by atoms with Gasteiger partial charge in [0.2, 0.25) is 0 Å². The molecule has 0 spiro atoms. The van der Waals surface area contributed by atoms with Crippen LogP contribution in [0.15, 0.2) is 35.3 Å². The van der Waals surface area contributed by atoms with Gasteiger partial charge < -0.3 is 14.0 Å². The molecule has 94 valence electrons. The topological polar surface area (TPSA) is 53.4 Å². The first-order valence-corrected chi connectivity index (χ1v) is 5.91. The minimum absolute atomic E-state index is 0.397. The van der Waals surface area contributed by atoms with Crippen LogP contribution in [0, 0.1) is 0 Å². The van der Waals surface area contributed by atoms with Crippen LogP contribution in [0.2, 0.25) is 0 Å². The predicted octanol–water partition coefficient (Wildman–Crippen LogP) is 2.43. The molecule has 2 rings (SSSR count). The lowest BCUT2D eigenvalue weighted by Crippen LogP contribution is -2.03. The van der Waals surface area contributed by atoms with Crippen molar-refractivity contribution in [3.8, 4) is 11.4 Å². The largest absolute Gasteiger partial charge is 0.495 e. The number of carbonyl (C=O) groups is 1. The van der Waals surface area contributed by atoms with Crippen LogP contribution in [-0.2, 0) is 4.74 Å². The molecule has 5 nitrogen and oxygen atoms in total. The summed E-state index contributed by atoms with van der Waals surface area (Å²) in [4.78, 5) is 15.5. The lowest BCUT2D eigenvalue weighted by molar-refractivity contribution is 0.0600. The minimum Gasteiger partial charge on any atom is -0.495 e. The molecule has 0 aliphatic rings. The van der Waals surface area contributed by atoms with Gasteiger partial charge in [0.15, 0.2) is 0 Å². The quantitative estimate of drug-likeness (QED) is 0.817. The Balaban J connectivity index is 2.46. The maximum Gasteiger partial charge on any atom is 0.337 e. The molecule has 0 saturated heterocycles. The molecule has 0 N–H and O–H groups in total. The molecule has 0 aliphatic heterocycles. The van der Waals surface area contributed by atoms with Gasteiger partial charge >= 0.3 is 5.97 Å². The predicted molar refractivity (Wildman–Crippen MR) is 69.2 cm³/mol. The van der Waals surface area contributed by atoms with Gasteiger partial charge in [0.05, 0.1) is 25.5 Å². The van der Waals surface area contributed by atoms with Crippen LogP contribution in [0.1, 0.15) is 10.4 Å². The van der Waals surface area contributed by atoms with Gasteiger partial charge in [-0.15, -0.1) is 0 Å². The average Bonchev–Trinajstić information content (AvgIpc) is 2.83. The highest BCUT2D eigenvalue weighted by Gasteiger charge is 2.11. The molecule has 6 heteroatoms. The van der Waals surface area contributed by atoms with E-state index in [0.29, 0.717) is 11.3 Å². The number of imidazole rings is 1. The average molecular weight is 311 g/mol. The van der Waals surface area contributed by atoms with E-state index in [4.69, 9.17) is 4.74 Å². The Hall–Kier alpha value is -1.82. The zero-order valence-corrected chi connectivity index (χ0v) is 11.5. The third-order valence-electron chi connectivity index (χ3n) is 2.43. The lowest BCUT2D eigenvalue weighted by atomic mass is 10.2. The number of hydrogen-bond donors (Lipinski definition) is 0. The van der Waals surface area contributed by atoms with E-state index in [1.807, 2.05) is 0 Å². The number of methoxy groups -OCH3 is 2. The van der Waals surface area contributed by atoms with E-state index in [0.717, 1.165) is 10.3 Å². The molecule has 0 aliphatic carbocycles. The fourth-order valence-electron chi connectivity index (χ4n) is 1.57. The van der Waals surface area contributed by atoms with Crippen molar-refractivity contribution in [3.63, 3.8) is 0 Å². The van der Waals surface area contributed by atoms with Crippen molar-refractivity contribution in [1.82, 2.24) is 9.55 Å². The van der Waals surface area contributed by atoms with E-state index >= 15 is 0 Å². The van der Waals surface area contributed by atoms with Gasteiger partial charge in [-0.2, -0.15) is 0 Å². The fraction of sp³-hybridized carbons (Fsp3) is 0.167. The van der Waals surface area contributed by atoms with E-state index < -0.39 is 5.97 Å². The number of rotatable bonds is 3. The first kappa shape index (κ1) is 12.6. The summed E-state index contributed by atoms with van der Waals surface area (Å²) in [6.45, 7) is 0. The molecule has 2 aromatic rings. The maximum absolute atomic E-state index is 11.4. The summed E-state index contributed by atoms with van der Waals surface area (Å²) < 4.78 is 12.5. The number of carbonyl (C=O) groups excluding carboxylic acids is 1. The number of nitrogens with zero attached hydrogens (tertiary/aromatic N) is 2. The Bertz CT molecular complexity index is 580. The molecular formula is C12H11BrN2O3. The highest BCUT2D eigenvalue weighted by atomic mass is 79.9. The normalized spacial score (nSPS) is 10.2. The van der Waals surface area contributed by atoms with Crippen LogP contribution in [0.5, 0.6) is 5.75 Å². The summed E-state index contributed by atoms with van der Waals surface area (Å²) in [6, 6.07) is 5.09. The van der Waals surface area contributed by atoms with E-state index in [9.17, 15) is 4.79 Å². The van der Waals surface area contributed by atoms with Crippen molar-refractivity contribution in [3.05, 3.63) is 40.9 Å². The van der Waals surface area contributed by atoms with Crippen molar-refractivity contribution in [1.29, 1.82) is 0 Å². The minimum atomic E-state index is -0.397. The second-order valence-electron chi connectivity index (χ2n) is 3.48. The second-order valence-corrected chi connectivity index (χ2v) is 4.29. The highest BCUT2D eigenvalue weighted by Crippen LogP contribution is 2.25. The van der Waals surface area contributed by atoms with Crippen LogP contribution in [0.3, 0.4) is 0 Å². The Labute approximate surface area is 112 Å². The van der Waals surface area contributed by atoms with E-state index in [2.05, 4.69) is 25.7 Å². The van der Waals surface area contributed by atoms with Gasteiger partial charge in [-0.25, -0.2) is 9.78 Å². The fourth-order valence-corrected chi connectivity index (χ4v) is 1.88. The van der Waals surface area contributed by atoms with Gasteiger partial charge in [-0.3, -0.25) is 0 Å². The van der Waals surface area contributed by atoms with Gasteiger partial charge in [-0.05, 0) is 34.1 Å². The summed E-state index contributed by atoms with van der Waals surface area (Å²) in [5.41, 5.74) is 1.24. The van der Waals surface area contributed by atoms with Crippen LogP contribution in [-0.4, -0.2) is 29.7 Å². The molecule has 1 aromatic heterocycles. The zero-order chi connectivity index (χ0) is 13.1. The first-order chi connectivity index (χ1) is 8.65. The molecule has 0 bridgehead atoms. The number of ether oxygens (including phenoxy) is 2. The van der Waals surface area contributed by atoms with Crippen molar-refractivity contribution in [2.75, 3.05) is 14.2 Å². The van der Waals surface area contributed by atoms with Crippen LogP contribution >= 0.6 is 15.9 Å². The summed E-state index contributed by atoms with van der Waals surface area (Å²) in [6.07, 6.45) is 3.45. The Morgan fingerprint density at radius 3 is 2.72 bits per heavy atom. The Kier molecular flexibility index (Phi) is 3.66. The van der Waals surface area contributed by atoms with E-state index in [1.54, 1.807) is 42.4 Å². The standard InChI is InChI=1S/C12H11BrN2O3/c1-17-10-5-8(12(16)18-2)3-4-9(10)15-6-11(13)14-7-15/h3-7H,1-2H3. The van der Waals surface area contributed by atoms with Gasteiger partial charge in [0.25, 0.3) is 0 Å². The summed E-state index contributed by atoms with van der Waals surface area (Å²) >= 11 is 3.28. The third kappa shape index (κ3) is 2.38. The van der Waals surface area contributed by atoms with Gasteiger partial charge in [0, 0.05) is 6.20 Å². The van der Waals surface area contributed by atoms with Crippen molar-refractivity contribution in [2.24, 2.45) is 0 Å². The van der Waals surface area contributed by atoms with Crippen LogP contribution < -0.4 is 4.74 Å². The van der Waals surface area contributed by atoms with Crippen molar-refractivity contribution in [2.45, 2.75) is 0 Å². The van der Waals surface area contributed by atoms with Crippen molar-refractivity contribution >= 4 is 21.9 Å². The zero-order valence-electron chi connectivity index (χ0n) is 9.88. The number of halogens is 1. The molecule has 0 saturated carbocycles. The van der Waals surface area contributed by atoms with Crippen LogP contribution in [0.25, 0.3) is 5.69 Å². The molecule has 0 unspecified atom stereocenters. The third-order valence-corrected chi connectivity index (χ3v) is 2.84. The summed E-state index contributed by atoms with van der Waals surface area (Å²) in [5.74, 6) is 0.175. The molecule has 0 radical (unpaired) electrons. The summed E-state index contributed by atoms with van der Waals surface area (Å²) in [5, 5.41) is 0. The molecule has 0 amide bonds. The summed E-state index contributed by atoms with van der Waals surface area (Å²) in [7, 11) is 2.89. The van der Waals surface area contributed by atoms with Gasteiger partial charge in [0.1, 0.15) is 16.7 Å². The molecule has 0 atom stereocenters. The number of esters is 1. The monoisotopic (exact) mass is 310 g/mol. The SMILES string of the molecule is COC(=O)c1ccc(-n2cnc(Br)c2)c(OC)c1. The molecule has 0 fully saturated rings. The molecule has 1 heterocycles. The Morgan fingerprint density at radius 2 is 2.17 bits per heavy atom. The Morgan fingerprint density at radius 1 is 1.39 bits per heavy atom. The van der Waals surface area contributed by atoms with Crippen LogP contribution in [0.4, 0.5) is 0 Å². The smallest absolute Gasteiger partial charge is 0.337 e. The molecular weight excluding hydrogens is 300 g/mol. The number of hydrogen-bond acceptors (Lipinski definition) is 4. The van der Waals surface area contributed by atoms with E-state index in [-0.39, 0.29) is 0 Å². The second kappa shape index (κ2) is 5.22. The number of aromatic nitrogens is 2. The maximum atomic E-state index is 11.4. The molecule has 18 heavy (non-hydrogen) atoms. The van der Waals surface area contributed by atoms with Gasteiger partial charge in [-0.1, -0.05) is 0 Å². The number of benzene rings is 1. The highest BCUT2D eigenvalue weighted by molar-refractivity contribution is 9.10. The van der Waals surface area contributed by atoms with Crippen molar-refractivity contribution < 1.29 is 14.3 Å². The van der Waals surface area contributed by atoms with E-state index in [1.165, 1.54) is 7.11 Å². The molecule has 1 aromatic carbocycles. The first-order valence-electron chi connectivity index (χ1n) is 5.12. The lowest BCUT2D eigenvalue weighted by Gasteiger charge is -2.10.